The van der Waals surface area contributed by atoms with Crippen molar-refractivity contribution in [1.82, 2.24) is 4.90 Å². The Morgan fingerprint density at radius 2 is 2.12 bits per heavy atom. The van der Waals surface area contributed by atoms with Crippen LogP contribution in [0.2, 0.25) is 0 Å². The number of ether oxygens (including phenoxy) is 1. The Morgan fingerprint density at radius 1 is 1.46 bits per heavy atom. The lowest BCUT2D eigenvalue weighted by atomic mass is 10.1. The number of halogens is 2. The fourth-order valence-corrected chi connectivity index (χ4v) is 4.60. The van der Waals surface area contributed by atoms with Crippen LogP contribution in [0.1, 0.15) is 12.5 Å². The Hall–Kier alpha value is -0.840. The van der Waals surface area contributed by atoms with E-state index in [9.17, 15) is 14.7 Å². The molecule has 0 saturated carbocycles. The molecule has 130 valence electrons. The largest absolute Gasteiger partial charge is 0.503 e. The lowest BCUT2D eigenvalue weighted by Crippen LogP contribution is -2.36. The van der Waals surface area contributed by atoms with Crippen molar-refractivity contribution in [3.8, 4) is 11.5 Å². The van der Waals surface area contributed by atoms with Gasteiger partial charge in [0.1, 0.15) is 10.9 Å². The number of hydrogen-bond acceptors (Lipinski definition) is 6. The minimum Gasteiger partial charge on any atom is -0.503 e. The third-order valence-corrected chi connectivity index (χ3v) is 7.02. The van der Waals surface area contributed by atoms with Crippen LogP contribution in [0.15, 0.2) is 15.0 Å². The monoisotopic (exact) mass is 497 g/mol. The van der Waals surface area contributed by atoms with E-state index in [0.29, 0.717) is 27.7 Å². The Morgan fingerprint density at radius 3 is 2.71 bits per heavy atom. The van der Waals surface area contributed by atoms with E-state index in [0.717, 1.165) is 22.2 Å². The molecule has 1 fully saturated rings. The van der Waals surface area contributed by atoms with Crippen LogP contribution in [-0.4, -0.2) is 49.7 Å². The number of carbonyl (C=O) groups is 2. The first-order valence-corrected chi connectivity index (χ1v) is 9.70. The molecule has 1 aromatic carbocycles. The molecule has 2 rings (SSSR count). The zero-order valence-corrected chi connectivity index (χ0v) is 17.2. The van der Waals surface area contributed by atoms with Crippen molar-refractivity contribution in [2.75, 3.05) is 13.2 Å². The highest BCUT2D eigenvalue weighted by Crippen LogP contribution is 2.43. The minimum atomic E-state index is -1.11. The molecule has 10 heteroatoms. The van der Waals surface area contributed by atoms with Gasteiger partial charge in [-0.2, -0.15) is 0 Å². The van der Waals surface area contributed by atoms with E-state index < -0.39 is 17.8 Å². The molecule has 1 aliphatic heterocycles. The topological polar surface area (TPSA) is 87.1 Å². The predicted molar refractivity (Wildman–Crippen MR) is 102 cm³/mol. The summed E-state index contributed by atoms with van der Waals surface area (Å²) >= 11 is 12.9. The fourth-order valence-electron chi connectivity index (χ4n) is 2.16. The van der Waals surface area contributed by atoms with Gasteiger partial charge in [-0.05, 0) is 56.8 Å². The number of carboxylic acid groups (broad SMARTS) is 1. The molecular weight excluding hydrogens is 486 g/mol. The first kappa shape index (κ1) is 19.5. The Balaban J connectivity index is 2.27. The van der Waals surface area contributed by atoms with Gasteiger partial charge in [-0.25, -0.2) is 0 Å². The van der Waals surface area contributed by atoms with Crippen LogP contribution in [0.3, 0.4) is 0 Å². The van der Waals surface area contributed by atoms with E-state index in [1.165, 1.54) is 0 Å². The smallest absolute Gasteiger partial charge is 0.323 e. The van der Waals surface area contributed by atoms with Gasteiger partial charge in [-0.3, -0.25) is 14.5 Å². The normalized spacial score (nSPS) is 17.5. The van der Waals surface area contributed by atoms with E-state index >= 15 is 0 Å². The molecule has 1 aliphatic rings. The summed E-state index contributed by atoms with van der Waals surface area (Å²) in [6.07, 6.45) is 0.319. The number of aliphatic carboxylic acids is 1. The van der Waals surface area contributed by atoms with Gasteiger partial charge in [-0.1, -0.05) is 24.0 Å². The number of thiocarbonyl (C=S) groups is 1. The summed E-state index contributed by atoms with van der Waals surface area (Å²) in [5.41, 5.74) is 0.744. The molecule has 0 aromatic heterocycles. The van der Waals surface area contributed by atoms with Crippen molar-refractivity contribution in [3.63, 3.8) is 0 Å². The summed E-state index contributed by atoms with van der Waals surface area (Å²) in [6.45, 7) is 1.74. The molecule has 0 aliphatic carbocycles. The molecule has 1 aromatic rings. The molecule has 24 heavy (non-hydrogen) atoms. The molecule has 0 unspecified atom stereocenters. The van der Waals surface area contributed by atoms with E-state index in [2.05, 4.69) is 31.9 Å². The number of carbonyl (C=O) groups excluding carboxylic acids is 1. The van der Waals surface area contributed by atoms with Gasteiger partial charge in [0.05, 0.1) is 16.3 Å². The van der Waals surface area contributed by atoms with E-state index in [1.54, 1.807) is 13.0 Å². The third kappa shape index (κ3) is 4.04. The maximum Gasteiger partial charge on any atom is 0.323 e. The second kappa shape index (κ2) is 8.03. The number of benzene rings is 1. The van der Waals surface area contributed by atoms with Crippen LogP contribution < -0.4 is 4.74 Å². The summed E-state index contributed by atoms with van der Waals surface area (Å²) in [5.74, 6) is -1.16. The third-order valence-electron chi connectivity index (χ3n) is 3.22. The molecule has 0 spiro atoms. The average molecular weight is 499 g/mol. The number of thioether (sulfide) groups is 1. The van der Waals surface area contributed by atoms with Crippen LogP contribution in [0.4, 0.5) is 0 Å². The van der Waals surface area contributed by atoms with Gasteiger partial charge in [0, 0.05) is 4.47 Å². The lowest BCUT2D eigenvalue weighted by molar-refractivity contribution is -0.141. The standard InChI is InChI=1S/C14H13Br2NO5S2/c1-2-22-7-3-6(10(15)11(16)12(7)20)4-8-13(21)17(5-9(18)19)14(23)24-8/h3,8,20H,2,4-5H2,1H3,(H,18,19)/t8-/m1/s1. The summed E-state index contributed by atoms with van der Waals surface area (Å²) < 4.78 is 6.69. The molecule has 1 saturated heterocycles. The van der Waals surface area contributed by atoms with Gasteiger partial charge in [0.15, 0.2) is 11.5 Å². The number of carboxylic acids is 1. The summed E-state index contributed by atoms with van der Waals surface area (Å²) in [6, 6.07) is 1.66. The summed E-state index contributed by atoms with van der Waals surface area (Å²) in [5, 5.41) is 18.4. The van der Waals surface area contributed by atoms with Crippen molar-refractivity contribution in [2.24, 2.45) is 0 Å². The number of hydrogen-bond donors (Lipinski definition) is 2. The second-order valence-corrected chi connectivity index (χ2v) is 8.26. The summed E-state index contributed by atoms with van der Waals surface area (Å²) in [7, 11) is 0. The highest BCUT2D eigenvalue weighted by atomic mass is 79.9. The zero-order chi connectivity index (χ0) is 18.0. The van der Waals surface area contributed by atoms with Gasteiger partial charge < -0.3 is 14.9 Å². The Kier molecular flexibility index (Phi) is 6.52. The number of nitrogens with zero attached hydrogens (tertiary/aromatic N) is 1. The second-order valence-electron chi connectivity index (χ2n) is 4.84. The number of rotatable bonds is 6. The van der Waals surface area contributed by atoms with Crippen LogP contribution in [0, 0.1) is 0 Å². The van der Waals surface area contributed by atoms with Crippen LogP contribution in [0.5, 0.6) is 11.5 Å². The Labute approximate surface area is 164 Å². The Bertz CT molecular complexity index is 713. The zero-order valence-electron chi connectivity index (χ0n) is 12.4. The number of aromatic hydroxyl groups is 1. The van der Waals surface area contributed by atoms with Gasteiger partial charge in [0.25, 0.3) is 0 Å². The molecule has 1 heterocycles. The predicted octanol–water partition coefficient (Wildman–Crippen LogP) is 3.17. The van der Waals surface area contributed by atoms with Gasteiger partial charge in [0.2, 0.25) is 5.91 Å². The maximum absolute atomic E-state index is 12.4. The van der Waals surface area contributed by atoms with Crippen LogP contribution in [0.25, 0.3) is 0 Å². The fraction of sp³-hybridized carbons (Fsp3) is 0.357. The lowest BCUT2D eigenvalue weighted by Gasteiger charge is -2.15. The van der Waals surface area contributed by atoms with E-state index in [4.69, 9.17) is 22.1 Å². The molecule has 1 atom stereocenters. The number of amides is 1. The highest BCUT2D eigenvalue weighted by Gasteiger charge is 2.38. The highest BCUT2D eigenvalue weighted by molar-refractivity contribution is 9.13. The number of phenols is 1. The van der Waals surface area contributed by atoms with E-state index in [1.807, 2.05) is 0 Å². The molecule has 0 radical (unpaired) electrons. The first-order valence-electron chi connectivity index (χ1n) is 6.82. The first-order chi connectivity index (χ1) is 11.3. The number of phenolic OH excluding ortho intramolecular Hbond substituents is 1. The minimum absolute atomic E-state index is 0.0269. The van der Waals surface area contributed by atoms with Crippen molar-refractivity contribution in [1.29, 1.82) is 0 Å². The molecular formula is C14H13Br2NO5S2. The molecule has 0 bridgehead atoms. The SMILES string of the molecule is CCOc1cc(C[C@H]2SC(=S)N(CC(=O)O)C2=O)c(Br)c(Br)c1O. The van der Waals surface area contributed by atoms with Crippen molar-refractivity contribution < 1.29 is 24.5 Å². The van der Waals surface area contributed by atoms with Gasteiger partial charge >= 0.3 is 5.97 Å². The molecule has 6 nitrogen and oxygen atoms in total. The van der Waals surface area contributed by atoms with Crippen molar-refractivity contribution in [2.45, 2.75) is 18.6 Å². The maximum atomic E-state index is 12.4. The van der Waals surface area contributed by atoms with Gasteiger partial charge in [-0.15, -0.1) is 0 Å². The van der Waals surface area contributed by atoms with Crippen molar-refractivity contribution in [3.05, 3.63) is 20.6 Å². The quantitative estimate of drug-likeness (QED) is 0.582. The summed E-state index contributed by atoms with van der Waals surface area (Å²) in [4.78, 5) is 24.3. The van der Waals surface area contributed by atoms with E-state index in [-0.39, 0.29) is 16.0 Å². The molecule has 2 N–H and O–H groups in total. The van der Waals surface area contributed by atoms with Crippen LogP contribution >= 0.6 is 55.8 Å². The average Bonchev–Trinajstić information content (AvgIpc) is 2.77. The van der Waals surface area contributed by atoms with Crippen LogP contribution in [-0.2, 0) is 16.0 Å². The van der Waals surface area contributed by atoms with Crippen molar-refractivity contribution >= 4 is 72.0 Å². The molecule has 1 amide bonds.